The van der Waals surface area contributed by atoms with E-state index in [0.717, 1.165) is 35.1 Å². The smallest absolute Gasteiger partial charge is 0.323 e. The first-order valence-electron chi connectivity index (χ1n) is 15.8. The van der Waals surface area contributed by atoms with Crippen LogP contribution in [0.25, 0.3) is 0 Å². The summed E-state index contributed by atoms with van der Waals surface area (Å²) in [5, 5.41) is 4.37. The summed E-state index contributed by atoms with van der Waals surface area (Å²) >= 11 is 12.1. The van der Waals surface area contributed by atoms with E-state index in [2.05, 4.69) is 26.1 Å². The van der Waals surface area contributed by atoms with Crippen LogP contribution in [-0.4, -0.2) is 31.1 Å². The summed E-state index contributed by atoms with van der Waals surface area (Å²) in [4.78, 5) is 28.4. The van der Waals surface area contributed by atoms with Gasteiger partial charge in [0.2, 0.25) is 6.10 Å². The Morgan fingerprint density at radius 3 is 2.56 bits per heavy atom. The molecular formula is C36H40Cl2N2O5. The highest BCUT2D eigenvalue weighted by molar-refractivity contribution is 6.42. The second-order valence-corrected chi connectivity index (χ2v) is 13.8. The van der Waals surface area contributed by atoms with Crippen LogP contribution in [0.5, 0.6) is 11.5 Å². The van der Waals surface area contributed by atoms with E-state index in [1.165, 1.54) is 6.42 Å². The Morgan fingerprint density at radius 2 is 1.82 bits per heavy atom. The SMILES string of the molecule is CC(C)C1CC[C@@H](C)C[C@H]1OC(=O)C1Cc2cc3c(cc2CN1)O[C@H](c1ccc(OCc2ccc(Cl)c(Cl)c2)cc1)C(=O)N3C. The van der Waals surface area contributed by atoms with Gasteiger partial charge in [0.15, 0.2) is 0 Å². The van der Waals surface area contributed by atoms with Crippen LogP contribution >= 0.6 is 23.2 Å². The minimum atomic E-state index is -0.782. The van der Waals surface area contributed by atoms with Crippen LogP contribution in [0.15, 0.2) is 54.6 Å². The third-order valence-electron chi connectivity index (χ3n) is 9.49. The summed E-state index contributed by atoms with van der Waals surface area (Å²) in [5.74, 6) is 2.39. The van der Waals surface area contributed by atoms with E-state index in [9.17, 15) is 9.59 Å². The number of carbonyl (C=O) groups is 2. The fourth-order valence-electron chi connectivity index (χ4n) is 6.76. The molecular weight excluding hydrogens is 611 g/mol. The van der Waals surface area contributed by atoms with Crippen LogP contribution in [0.2, 0.25) is 10.0 Å². The number of anilines is 1. The summed E-state index contributed by atoms with van der Waals surface area (Å²) in [6.07, 6.45) is 2.90. The Labute approximate surface area is 275 Å². The Morgan fingerprint density at radius 1 is 1.04 bits per heavy atom. The Kier molecular flexibility index (Phi) is 9.32. The first kappa shape index (κ1) is 31.7. The summed E-state index contributed by atoms with van der Waals surface area (Å²) in [6, 6.07) is 16.3. The molecule has 1 fully saturated rings. The number of nitrogens with one attached hydrogen (secondary N) is 1. The van der Waals surface area contributed by atoms with Crippen molar-refractivity contribution in [3.63, 3.8) is 0 Å². The average molecular weight is 652 g/mol. The molecule has 2 unspecified atom stereocenters. The Hall–Kier alpha value is -3.26. The first-order valence-corrected chi connectivity index (χ1v) is 16.5. The molecule has 2 aliphatic heterocycles. The lowest BCUT2D eigenvalue weighted by atomic mass is 9.75. The molecule has 0 radical (unpaired) electrons. The number of fused-ring (bicyclic) bond motifs is 2. The maximum Gasteiger partial charge on any atom is 0.323 e. The van der Waals surface area contributed by atoms with Crippen molar-refractivity contribution in [1.29, 1.82) is 0 Å². The third-order valence-corrected chi connectivity index (χ3v) is 10.2. The number of benzene rings is 3. The van der Waals surface area contributed by atoms with Crippen molar-refractivity contribution in [2.75, 3.05) is 11.9 Å². The van der Waals surface area contributed by atoms with Gasteiger partial charge < -0.3 is 24.4 Å². The van der Waals surface area contributed by atoms with Crippen LogP contribution in [0.3, 0.4) is 0 Å². The average Bonchev–Trinajstić information content (AvgIpc) is 3.02. The number of hydrogen-bond acceptors (Lipinski definition) is 6. The topological polar surface area (TPSA) is 77.1 Å². The highest BCUT2D eigenvalue weighted by Crippen LogP contribution is 2.42. The zero-order chi connectivity index (χ0) is 31.8. The van der Waals surface area contributed by atoms with Gasteiger partial charge in [0.25, 0.3) is 5.91 Å². The van der Waals surface area contributed by atoms with Gasteiger partial charge in [-0.1, -0.05) is 68.6 Å². The molecule has 3 aromatic carbocycles. The molecule has 1 aliphatic carbocycles. The zero-order valence-electron chi connectivity index (χ0n) is 26.1. The van der Waals surface area contributed by atoms with Crippen molar-refractivity contribution < 1.29 is 23.8 Å². The molecule has 2 heterocycles. The summed E-state index contributed by atoms with van der Waals surface area (Å²) in [7, 11) is 1.76. The predicted octanol–water partition coefficient (Wildman–Crippen LogP) is 7.69. The lowest BCUT2D eigenvalue weighted by Gasteiger charge is -2.38. The van der Waals surface area contributed by atoms with Gasteiger partial charge in [-0.3, -0.25) is 9.59 Å². The molecule has 1 N–H and O–H groups in total. The zero-order valence-corrected chi connectivity index (χ0v) is 27.7. The quantitative estimate of drug-likeness (QED) is 0.264. The van der Waals surface area contributed by atoms with Crippen molar-refractivity contribution in [2.24, 2.45) is 17.8 Å². The van der Waals surface area contributed by atoms with E-state index in [-0.39, 0.29) is 18.0 Å². The minimum absolute atomic E-state index is 0.0368. The third kappa shape index (κ3) is 6.81. The normalized spacial score (nSPS) is 24.5. The number of carbonyl (C=O) groups excluding carboxylic acids is 2. The standard InChI is InChI=1S/C36H40Cl2N2O5/c1-20(2)27-11-5-21(3)13-32(27)45-36(42)30-15-24-16-31-33(17-25(24)18-39-30)44-34(35(41)40(31)4)23-7-9-26(10-8-23)43-19-22-6-12-28(37)29(38)14-22/h6-10,12,14,16-17,20-21,27,30,32,34,39H,5,11,13,15,18-19H2,1-4H3/t21-,27?,30?,32-,34-/m1/s1. The van der Waals surface area contributed by atoms with E-state index in [1.54, 1.807) is 24.1 Å². The minimum Gasteiger partial charge on any atom is -0.489 e. The number of amides is 1. The molecule has 0 bridgehead atoms. The summed E-state index contributed by atoms with van der Waals surface area (Å²) in [5.41, 5.74) is 4.41. The van der Waals surface area contributed by atoms with Crippen molar-refractivity contribution in [1.82, 2.24) is 5.32 Å². The van der Waals surface area contributed by atoms with Gasteiger partial charge in [0.05, 0.1) is 15.7 Å². The van der Waals surface area contributed by atoms with Gasteiger partial charge in [-0.25, -0.2) is 0 Å². The van der Waals surface area contributed by atoms with E-state index >= 15 is 0 Å². The molecule has 0 saturated heterocycles. The van der Waals surface area contributed by atoms with Crippen LogP contribution in [0, 0.1) is 17.8 Å². The molecule has 3 aromatic rings. The molecule has 9 heteroatoms. The summed E-state index contributed by atoms with van der Waals surface area (Å²) in [6.45, 7) is 7.53. The van der Waals surface area contributed by atoms with Gasteiger partial charge in [-0.05, 0) is 90.1 Å². The van der Waals surface area contributed by atoms with Gasteiger partial charge in [-0.2, -0.15) is 0 Å². The largest absolute Gasteiger partial charge is 0.489 e. The van der Waals surface area contributed by atoms with Crippen molar-refractivity contribution in [3.05, 3.63) is 86.9 Å². The van der Waals surface area contributed by atoms with E-state index in [0.29, 0.717) is 64.6 Å². The van der Waals surface area contributed by atoms with Gasteiger partial charge in [0, 0.05) is 19.2 Å². The molecule has 0 spiro atoms. The Bertz CT molecular complexity index is 1580. The number of esters is 1. The molecule has 238 valence electrons. The van der Waals surface area contributed by atoms with Crippen LogP contribution < -0.4 is 19.7 Å². The molecule has 3 aliphatic rings. The molecule has 6 rings (SSSR count). The molecule has 5 atom stereocenters. The molecule has 45 heavy (non-hydrogen) atoms. The first-order chi connectivity index (χ1) is 21.6. The maximum atomic E-state index is 13.5. The highest BCUT2D eigenvalue weighted by atomic mass is 35.5. The molecule has 7 nitrogen and oxygen atoms in total. The van der Waals surface area contributed by atoms with Gasteiger partial charge in [0.1, 0.15) is 30.3 Å². The van der Waals surface area contributed by atoms with E-state index in [4.69, 9.17) is 37.4 Å². The van der Waals surface area contributed by atoms with Crippen LogP contribution in [-0.2, 0) is 33.9 Å². The van der Waals surface area contributed by atoms with Crippen LogP contribution in [0.4, 0.5) is 5.69 Å². The van der Waals surface area contributed by atoms with E-state index < -0.39 is 12.1 Å². The fraction of sp³-hybridized carbons (Fsp3) is 0.444. The van der Waals surface area contributed by atoms with Crippen LogP contribution in [0.1, 0.15) is 68.4 Å². The number of ether oxygens (including phenoxy) is 3. The maximum absolute atomic E-state index is 13.5. The van der Waals surface area contributed by atoms with Gasteiger partial charge >= 0.3 is 5.97 Å². The van der Waals surface area contributed by atoms with E-state index in [1.807, 2.05) is 42.5 Å². The van der Waals surface area contributed by atoms with Crippen molar-refractivity contribution >= 4 is 40.8 Å². The van der Waals surface area contributed by atoms with Crippen molar-refractivity contribution in [3.8, 4) is 11.5 Å². The molecule has 1 saturated carbocycles. The number of likely N-dealkylation sites (N-methyl/N-ethyl adjacent to an activating group) is 1. The number of hydrogen-bond donors (Lipinski definition) is 1. The summed E-state index contributed by atoms with van der Waals surface area (Å²) < 4.78 is 18.4. The lowest BCUT2D eigenvalue weighted by Crippen LogP contribution is -2.46. The molecule has 1 amide bonds. The lowest BCUT2D eigenvalue weighted by molar-refractivity contribution is -0.158. The number of nitrogens with zero attached hydrogens (tertiary/aromatic N) is 1. The Balaban J connectivity index is 1.12. The van der Waals surface area contributed by atoms with Gasteiger partial charge in [-0.15, -0.1) is 0 Å². The molecule has 0 aromatic heterocycles. The van der Waals surface area contributed by atoms with Crippen molar-refractivity contribution in [2.45, 2.75) is 77.9 Å². The second-order valence-electron chi connectivity index (χ2n) is 13.0. The number of rotatable bonds is 7. The predicted molar refractivity (Wildman–Crippen MR) is 176 cm³/mol. The highest BCUT2D eigenvalue weighted by Gasteiger charge is 2.38. The second kappa shape index (κ2) is 13.2. The fourth-order valence-corrected chi connectivity index (χ4v) is 7.08. The number of halogens is 2. The monoisotopic (exact) mass is 650 g/mol.